The Morgan fingerprint density at radius 2 is 2.10 bits per heavy atom. The van der Waals surface area contributed by atoms with Gasteiger partial charge in [-0.15, -0.1) is 11.6 Å². The topological polar surface area (TPSA) is 59.1 Å². The Morgan fingerprint density at radius 1 is 1.35 bits per heavy atom. The smallest absolute Gasteiger partial charge is 0.241 e. The number of sulfonamides is 1. The molecule has 0 amide bonds. The Labute approximate surface area is 124 Å². The molecule has 1 N–H and O–H groups in total. The number of aromatic nitrogens is 1. The lowest BCUT2D eigenvalue weighted by molar-refractivity contribution is 0.580. The van der Waals surface area contributed by atoms with Crippen LogP contribution in [-0.2, 0) is 10.0 Å². The normalized spacial score (nSPS) is 13.6. The summed E-state index contributed by atoms with van der Waals surface area (Å²) in [7, 11) is -3.58. The fraction of sp³-hybridized carbons (Fsp3) is 0.357. The number of halogens is 1. The lowest BCUT2D eigenvalue weighted by Crippen LogP contribution is -2.29. The van der Waals surface area contributed by atoms with Crippen molar-refractivity contribution in [2.75, 3.05) is 6.54 Å². The molecule has 0 spiro atoms. The van der Waals surface area contributed by atoms with Gasteiger partial charge < -0.3 is 0 Å². The maximum atomic E-state index is 12.4. The molecule has 1 heterocycles. The summed E-state index contributed by atoms with van der Waals surface area (Å²) in [6.07, 6.45) is 2.37. The molecule has 0 aliphatic carbocycles. The Kier molecular flexibility index (Phi) is 4.62. The van der Waals surface area contributed by atoms with E-state index in [0.29, 0.717) is 17.3 Å². The Hall–Kier alpha value is -1.17. The first-order valence-electron chi connectivity index (χ1n) is 6.43. The van der Waals surface area contributed by atoms with Crippen LogP contribution in [0.3, 0.4) is 0 Å². The SMILES string of the molecule is CCC(Cl)CNS(=O)(=O)c1ccc(C)c2ncccc12. The molecule has 0 aliphatic rings. The molecule has 2 aromatic rings. The lowest BCUT2D eigenvalue weighted by atomic mass is 10.1. The van der Waals surface area contributed by atoms with E-state index >= 15 is 0 Å². The molecule has 1 aromatic carbocycles. The fourth-order valence-electron chi connectivity index (χ4n) is 1.94. The first-order chi connectivity index (χ1) is 9.45. The second-order valence-corrected chi connectivity index (χ2v) is 6.99. The number of nitrogens with zero attached hydrogens (tertiary/aromatic N) is 1. The predicted molar refractivity (Wildman–Crippen MR) is 81.6 cm³/mol. The maximum absolute atomic E-state index is 12.4. The van der Waals surface area contributed by atoms with Crippen molar-refractivity contribution < 1.29 is 8.42 Å². The number of hydrogen-bond acceptors (Lipinski definition) is 3. The number of aryl methyl sites for hydroxylation is 1. The van der Waals surface area contributed by atoms with Crippen molar-refractivity contribution in [3.05, 3.63) is 36.0 Å². The summed E-state index contributed by atoms with van der Waals surface area (Å²) in [5.41, 5.74) is 1.65. The van der Waals surface area contributed by atoms with E-state index in [9.17, 15) is 8.42 Å². The molecule has 4 nitrogen and oxygen atoms in total. The average Bonchev–Trinajstić information content (AvgIpc) is 2.45. The van der Waals surface area contributed by atoms with E-state index in [2.05, 4.69) is 9.71 Å². The van der Waals surface area contributed by atoms with Crippen LogP contribution in [0.1, 0.15) is 18.9 Å². The van der Waals surface area contributed by atoms with Gasteiger partial charge in [-0.2, -0.15) is 0 Å². The Balaban J connectivity index is 2.45. The largest absolute Gasteiger partial charge is 0.256 e. The molecule has 1 atom stereocenters. The summed E-state index contributed by atoms with van der Waals surface area (Å²) in [6, 6.07) is 6.87. The third-order valence-electron chi connectivity index (χ3n) is 3.16. The molecular weight excluding hydrogens is 296 g/mol. The summed E-state index contributed by atoms with van der Waals surface area (Å²) >= 11 is 5.96. The molecule has 0 fully saturated rings. The highest BCUT2D eigenvalue weighted by Gasteiger charge is 2.19. The van der Waals surface area contributed by atoms with E-state index in [4.69, 9.17) is 11.6 Å². The van der Waals surface area contributed by atoms with Crippen molar-refractivity contribution in [1.82, 2.24) is 9.71 Å². The molecule has 0 aliphatic heterocycles. The third kappa shape index (κ3) is 3.11. The van der Waals surface area contributed by atoms with Gasteiger partial charge >= 0.3 is 0 Å². The van der Waals surface area contributed by atoms with E-state index in [-0.39, 0.29) is 16.8 Å². The average molecular weight is 313 g/mol. The summed E-state index contributed by atoms with van der Waals surface area (Å²) in [5.74, 6) is 0. The van der Waals surface area contributed by atoms with Gasteiger partial charge in [0.25, 0.3) is 0 Å². The van der Waals surface area contributed by atoms with E-state index in [1.807, 2.05) is 13.8 Å². The van der Waals surface area contributed by atoms with Crippen molar-refractivity contribution in [2.24, 2.45) is 0 Å². The second-order valence-electron chi connectivity index (χ2n) is 4.64. The summed E-state index contributed by atoms with van der Waals surface area (Å²) in [6.45, 7) is 4.04. The molecule has 0 saturated heterocycles. The van der Waals surface area contributed by atoms with Crippen LogP contribution in [0, 0.1) is 6.92 Å². The van der Waals surface area contributed by atoms with E-state index < -0.39 is 10.0 Å². The summed E-state index contributed by atoms with van der Waals surface area (Å²) < 4.78 is 27.3. The minimum Gasteiger partial charge on any atom is -0.256 e. The molecular formula is C14H17ClN2O2S. The van der Waals surface area contributed by atoms with Gasteiger partial charge in [0.2, 0.25) is 10.0 Å². The Morgan fingerprint density at radius 3 is 2.80 bits per heavy atom. The van der Waals surface area contributed by atoms with Gasteiger partial charge in [-0.3, -0.25) is 4.98 Å². The zero-order valence-electron chi connectivity index (χ0n) is 11.4. The molecule has 108 valence electrons. The molecule has 2 rings (SSSR count). The van der Waals surface area contributed by atoms with Crippen LogP contribution in [0.25, 0.3) is 10.9 Å². The van der Waals surface area contributed by atoms with E-state index in [1.165, 1.54) is 0 Å². The van der Waals surface area contributed by atoms with Crippen molar-refractivity contribution in [3.63, 3.8) is 0 Å². The molecule has 20 heavy (non-hydrogen) atoms. The van der Waals surface area contributed by atoms with E-state index in [0.717, 1.165) is 5.56 Å². The zero-order chi connectivity index (χ0) is 14.8. The molecule has 0 bridgehead atoms. The minimum atomic E-state index is -3.58. The highest BCUT2D eigenvalue weighted by atomic mass is 35.5. The number of nitrogens with one attached hydrogen (secondary N) is 1. The third-order valence-corrected chi connectivity index (χ3v) is 5.10. The predicted octanol–water partition coefficient (Wildman–Crippen LogP) is 2.84. The van der Waals surface area contributed by atoms with Crippen LogP contribution >= 0.6 is 11.6 Å². The second kappa shape index (κ2) is 6.08. The van der Waals surface area contributed by atoms with Crippen molar-refractivity contribution in [1.29, 1.82) is 0 Å². The van der Waals surface area contributed by atoms with Gasteiger partial charge in [-0.05, 0) is 37.1 Å². The first-order valence-corrected chi connectivity index (χ1v) is 8.35. The Bertz CT molecular complexity index is 716. The van der Waals surface area contributed by atoms with Crippen LogP contribution in [-0.4, -0.2) is 25.3 Å². The van der Waals surface area contributed by atoms with Crippen LogP contribution in [0.4, 0.5) is 0 Å². The van der Waals surface area contributed by atoms with Crippen molar-refractivity contribution >= 4 is 32.5 Å². The lowest BCUT2D eigenvalue weighted by Gasteiger charge is -2.12. The summed E-state index contributed by atoms with van der Waals surface area (Å²) in [5, 5.41) is 0.419. The minimum absolute atomic E-state index is 0.209. The van der Waals surface area contributed by atoms with Crippen LogP contribution in [0.2, 0.25) is 0 Å². The molecule has 1 unspecified atom stereocenters. The number of benzene rings is 1. The van der Waals surface area contributed by atoms with Gasteiger partial charge in [-0.1, -0.05) is 13.0 Å². The highest BCUT2D eigenvalue weighted by molar-refractivity contribution is 7.89. The number of hydrogen-bond donors (Lipinski definition) is 1. The maximum Gasteiger partial charge on any atom is 0.241 e. The van der Waals surface area contributed by atoms with Crippen LogP contribution in [0.5, 0.6) is 0 Å². The van der Waals surface area contributed by atoms with E-state index in [1.54, 1.807) is 30.5 Å². The quantitative estimate of drug-likeness (QED) is 0.864. The molecule has 0 saturated carbocycles. The van der Waals surface area contributed by atoms with Crippen LogP contribution in [0.15, 0.2) is 35.4 Å². The number of alkyl halides is 1. The molecule has 1 aromatic heterocycles. The number of pyridine rings is 1. The standard InChI is InChI=1S/C14H17ClN2O2S/c1-3-11(15)9-17-20(18,19)13-7-6-10(2)14-12(13)5-4-8-16-14/h4-8,11,17H,3,9H2,1-2H3. The van der Waals surface area contributed by atoms with Crippen LogP contribution < -0.4 is 4.72 Å². The number of rotatable bonds is 5. The first kappa shape index (κ1) is 15.2. The van der Waals surface area contributed by atoms with Crippen molar-refractivity contribution in [3.8, 4) is 0 Å². The van der Waals surface area contributed by atoms with Gasteiger partial charge in [0, 0.05) is 23.5 Å². The molecule has 6 heteroatoms. The molecule has 0 radical (unpaired) electrons. The highest BCUT2D eigenvalue weighted by Crippen LogP contribution is 2.24. The van der Waals surface area contributed by atoms with Crippen molar-refractivity contribution in [2.45, 2.75) is 30.5 Å². The van der Waals surface area contributed by atoms with Gasteiger partial charge in [0.1, 0.15) is 0 Å². The zero-order valence-corrected chi connectivity index (χ0v) is 13.0. The van der Waals surface area contributed by atoms with Gasteiger partial charge in [0.15, 0.2) is 0 Å². The monoisotopic (exact) mass is 312 g/mol. The van der Waals surface area contributed by atoms with Gasteiger partial charge in [0.05, 0.1) is 10.4 Å². The fourth-order valence-corrected chi connectivity index (χ4v) is 3.39. The number of fused-ring (bicyclic) bond motifs is 1. The summed E-state index contributed by atoms with van der Waals surface area (Å²) in [4.78, 5) is 4.49. The van der Waals surface area contributed by atoms with Gasteiger partial charge in [-0.25, -0.2) is 13.1 Å².